The molecule has 2 heterocycles. The zero-order chi connectivity index (χ0) is 13.8. The molecule has 0 bridgehead atoms. The summed E-state index contributed by atoms with van der Waals surface area (Å²) >= 11 is 0. The van der Waals surface area contributed by atoms with Crippen LogP contribution in [0.4, 0.5) is 5.82 Å². The highest BCUT2D eigenvalue weighted by Gasteiger charge is 2.09. The van der Waals surface area contributed by atoms with Gasteiger partial charge >= 0.3 is 0 Å². The molecule has 19 heavy (non-hydrogen) atoms. The van der Waals surface area contributed by atoms with Gasteiger partial charge in [0, 0.05) is 17.8 Å². The van der Waals surface area contributed by atoms with Gasteiger partial charge in [-0.25, -0.2) is 0 Å². The van der Waals surface area contributed by atoms with E-state index in [1.54, 1.807) is 19.1 Å². The van der Waals surface area contributed by atoms with Crippen LogP contribution in [0.25, 0.3) is 0 Å². The smallest absolute Gasteiger partial charge is 0.263 e. The molecule has 2 aromatic rings. The molecule has 0 aliphatic heterocycles. The third kappa shape index (κ3) is 3.57. The van der Waals surface area contributed by atoms with Gasteiger partial charge in [0.05, 0.1) is 0 Å². The average Bonchev–Trinajstić information content (AvgIpc) is 2.96. The predicted octanol–water partition coefficient (Wildman–Crippen LogP) is 1.85. The van der Waals surface area contributed by atoms with Crippen LogP contribution in [0.5, 0.6) is 5.88 Å². The number of hydrogen-bond donors (Lipinski definition) is 2. The molecule has 2 aromatic heterocycles. The Bertz CT molecular complexity index is 559. The second-order valence-corrected chi connectivity index (χ2v) is 4.48. The maximum atomic E-state index is 11.6. The van der Waals surface area contributed by atoms with Crippen molar-refractivity contribution in [1.82, 2.24) is 15.4 Å². The van der Waals surface area contributed by atoms with Gasteiger partial charge in [-0.05, 0) is 18.0 Å². The van der Waals surface area contributed by atoms with Gasteiger partial charge < -0.3 is 14.6 Å². The fourth-order valence-electron chi connectivity index (χ4n) is 1.43. The summed E-state index contributed by atoms with van der Waals surface area (Å²) in [5.41, 5.74) is 0.961. The second-order valence-electron chi connectivity index (χ2n) is 4.48. The molecule has 0 aromatic carbocycles. The van der Waals surface area contributed by atoms with Crippen molar-refractivity contribution in [2.75, 3.05) is 11.9 Å². The summed E-state index contributed by atoms with van der Waals surface area (Å²) in [5.74, 6) is 1.42. The summed E-state index contributed by atoms with van der Waals surface area (Å²) in [7, 11) is 0. The number of anilines is 1. The van der Waals surface area contributed by atoms with Crippen molar-refractivity contribution >= 4 is 11.7 Å². The number of carbonyl (C=O) groups is 1. The number of ether oxygens (including phenoxy) is 1. The summed E-state index contributed by atoms with van der Waals surface area (Å²) in [5, 5.41) is 13.1. The number of nitrogens with zero attached hydrogens (tertiary/aromatic N) is 2. The topological polar surface area (TPSA) is 93.0 Å². The number of hydrogen-bond acceptors (Lipinski definition) is 5. The Labute approximate surface area is 110 Å². The molecule has 0 radical (unpaired) electrons. The number of carbonyl (C=O) groups excluding carboxylic acids is 1. The van der Waals surface area contributed by atoms with Gasteiger partial charge in [-0.2, -0.15) is 5.10 Å². The first-order chi connectivity index (χ1) is 9.04. The van der Waals surface area contributed by atoms with Gasteiger partial charge in [-0.15, -0.1) is 0 Å². The van der Waals surface area contributed by atoms with Crippen LogP contribution in [0.3, 0.4) is 0 Å². The molecule has 0 aliphatic rings. The fraction of sp³-hybridized carbons (Fsp3) is 0.417. The molecular formula is C12H16N4O3. The van der Waals surface area contributed by atoms with Crippen molar-refractivity contribution in [1.29, 1.82) is 0 Å². The van der Waals surface area contributed by atoms with E-state index in [1.807, 2.05) is 13.8 Å². The Hall–Kier alpha value is -2.31. The van der Waals surface area contributed by atoms with Gasteiger partial charge in [0.1, 0.15) is 5.76 Å². The monoisotopic (exact) mass is 264 g/mol. The van der Waals surface area contributed by atoms with Gasteiger partial charge in [-0.1, -0.05) is 13.8 Å². The Morgan fingerprint density at radius 2 is 2.32 bits per heavy atom. The molecule has 0 saturated carbocycles. The van der Waals surface area contributed by atoms with Crippen LogP contribution in [0.1, 0.15) is 31.2 Å². The largest absolute Gasteiger partial charge is 0.465 e. The number of H-pyrrole nitrogens is 1. The van der Waals surface area contributed by atoms with Crippen molar-refractivity contribution in [3.8, 4) is 5.88 Å². The molecule has 102 valence electrons. The molecule has 0 atom stereocenters. The lowest BCUT2D eigenvalue weighted by molar-refractivity contribution is -0.118. The molecule has 2 N–H and O–H groups in total. The van der Waals surface area contributed by atoms with Crippen LogP contribution in [0.2, 0.25) is 0 Å². The normalized spacial score (nSPS) is 10.7. The highest BCUT2D eigenvalue weighted by molar-refractivity contribution is 5.90. The van der Waals surface area contributed by atoms with E-state index in [0.717, 1.165) is 5.69 Å². The number of aryl methyl sites for hydroxylation is 1. The number of amides is 1. The summed E-state index contributed by atoms with van der Waals surface area (Å²) in [4.78, 5) is 11.6. The Balaban J connectivity index is 1.83. The summed E-state index contributed by atoms with van der Waals surface area (Å²) < 4.78 is 9.98. The molecule has 7 nitrogen and oxygen atoms in total. The van der Waals surface area contributed by atoms with Gasteiger partial charge in [0.25, 0.3) is 11.8 Å². The first-order valence-corrected chi connectivity index (χ1v) is 5.96. The Kier molecular flexibility index (Phi) is 3.84. The molecular weight excluding hydrogens is 248 g/mol. The summed E-state index contributed by atoms with van der Waals surface area (Å²) in [6, 6.07) is 3.40. The fourth-order valence-corrected chi connectivity index (χ4v) is 1.43. The maximum Gasteiger partial charge on any atom is 0.263 e. The van der Waals surface area contributed by atoms with Crippen LogP contribution in [-0.2, 0) is 4.79 Å². The molecule has 2 rings (SSSR count). The van der Waals surface area contributed by atoms with Crippen LogP contribution in [0.15, 0.2) is 16.7 Å². The van der Waals surface area contributed by atoms with E-state index in [1.165, 1.54) is 0 Å². The van der Waals surface area contributed by atoms with E-state index in [2.05, 4.69) is 20.7 Å². The minimum atomic E-state index is -0.303. The van der Waals surface area contributed by atoms with E-state index < -0.39 is 0 Å². The van der Waals surface area contributed by atoms with E-state index in [4.69, 9.17) is 9.26 Å². The third-order valence-corrected chi connectivity index (χ3v) is 2.44. The lowest BCUT2D eigenvalue weighted by Gasteiger charge is -2.01. The van der Waals surface area contributed by atoms with Crippen molar-refractivity contribution in [3.63, 3.8) is 0 Å². The molecule has 0 saturated heterocycles. The molecule has 0 spiro atoms. The van der Waals surface area contributed by atoms with Crippen molar-refractivity contribution < 1.29 is 14.1 Å². The molecule has 7 heteroatoms. The number of aromatic amines is 1. The van der Waals surface area contributed by atoms with Gasteiger partial charge in [0.15, 0.2) is 12.4 Å². The Morgan fingerprint density at radius 3 is 2.89 bits per heavy atom. The molecule has 0 aliphatic carbocycles. The number of aromatic nitrogens is 3. The van der Waals surface area contributed by atoms with Gasteiger partial charge in [-0.3, -0.25) is 9.89 Å². The highest BCUT2D eigenvalue weighted by Crippen LogP contribution is 2.14. The zero-order valence-corrected chi connectivity index (χ0v) is 11.1. The molecule has 0 fully saturated rings. The van der Waals surface area contributed by atoms with E-state index >= 15 is 0 Å². The van der Waals surface area contributed by atoms with E-state index in [9.17, 15) is 4.79 Å². The van der Waals surface area contributed by atoms with Crippen LogP contribution in [0, 0.1) is 6.92 Å². The zero-order valence-electron chi connectivity index (χ0n) is 11.1. The van der Waals surface area contributed by atoms with Crippen molar-refractivity contribution in [2.45, 2.75) is 26.7 Å². The van der Waals surface area contributed by atoms with Crippen molar-refractivity contribution in [3.05, 3.63) is 23.6 Å². The third-order valence-electron chi connectivity index (χ3n) is 2.44. The second kappa shape index (κ2) is 5.55. The SMILES string of the molecule is Cc1cc(OCC(=O)Nc2cc(C(C)C)[nH]n2)no1. The Morgan fingerprint density at radius 1 is 1.53 bits per heavy atom. The minimum absolute atomic E-state index is 0.143. The van der Waals surface area contributed by atoms with Crippen molar-refractivity contribution in [2.24, 2.45) is 0 Å². The summed E-state index contributed by atoms with van der Waals surface area (Å²) in [6.07, 6.45) is 0. The first kappa shape index (κ1) is 13.1. The number of rotatable bonds is 5. The van der Waals surface area contributed by atoms with Gasteiger partial charge in [0.2, 0.25) is 0 Å². The van der Waals surface area contributed by atoms with E-state index in [0.29, 0.717) is 17.5 Å². The first-order valence-electron chi connectivity index (χ1n) is 5.96. The predicted molar refractivity (Wildman–Crippen MR) is 68.0 cm³/mol. The average molecular weight is 264 g/mol. The lowest BCUT2D eigenvalue weighted by atomic mass is 10.1. The minimum Gasteiger partial charge on any atom is -0.465 e. The highest BCUT2D eigenvalue weighted by atomic mass is 16.5. The molecule has 1 amide bonds. The maximum absolute atomic E-state index is 11.6. The molecule has 0 unspecified atom stereocenters. The lowest BCUT2D eigenvalue weighted by Crippen LogP contribution is -2.20. The van der Waals surface area contributed by atoms with Crippen LogP contribution >= 0.6 is 0 Å². The quantitative estimate of drug-likeness (QED) is 0.859. The standard InChI is InChI=1S/C12H16N4O3/c1-7(2)9-5-10(15-14-9)13-11(17)6-18-12-4-8(3)19-16-12/h4-5,7H,6H2,1-3H3,(H2,13,14,15,17). The van der Waals surface area contributed by atoms with E-state index in [-0.39, 0.29) is 18.4 Å². The summed E-state index contributed by atoms with van der Waals surface area (Å²) in [6.45, 7) is 5.68. The van der Waals surface area contributed by atoms with Crippen LogP contribution in [-0.4, -0.2) is 27.9 Å². The number of nitrogens with one attached hydrogen (secondary N) is 2. The van der Waals surface area contributed by atoms with Crippen LogP contribution < -0.4 is 10.1 Å².